The van der Waals surface area contributed by atoms with Crippen molar-refractivity contribution in [3.63, 3.8) is 0 Å². The Balaban J connectivity index is 1.40. The number of hydrogen-bond donors (Lipinski definition) is 1. The predicted molar refractivity (Wildman–Crippen MR) is 99.3 cm³/mol. The van der Waals surface area contributed by atoms with Gasteiger partial charge in [0.2, 0.25) is 0 Å². The van der Waals surface area contributed by atoms with E-state index >= 15 is 0 Å². The molecule has 1 saturated heterocycles. The van der Waals surface area contributed by atoms with Gasteiger partial charge in [0.05, 0.1) is 18.6 Å². The highest BCUT2D eigenvalue weighted by Crippen LogP contribution is 2.29. The number of imidazole rings is 1. The number of rotatable bonds is 4. The molecule has 1 aliphatic heterocycles. The Labute approximate surface area is 150 Å². The Morgan fingerprint density at radius 2 is 2.12 bits per heavy atom. The Bertz CT molecular complexity index is 1060. The summed E-state index contributed by atoms with van der Waals surface area (Å²) in [7, 11) is 0. The number of ether oxygens (including phenoxy) is 1. The molecule has 1 aromatic carbocycles. The summed E-state index contributed by atoms with van der Waals surface area (Å²) in [6.45, 7) is 1.54. The molecule has 1 N–H and O–H groups in total. The van der Waals surface area contributed by atoms with Crippen LogP contribution in [0.3, 0.4) is 0 Å². The molecule has 4 heterocycles. The molecular weight excluding hydrogens is 328 g/mol. The fraction of sp³-hybridized carbons (Fsp3) is 0.263. The normalized spacial score (nSPS) is 17.2. The molecule has 1 atom stereocenters. The van der Waals surface area contributed by atoms with Crippen LogP contribution >= 0.6 is 0 Å². The van der Waals surface area contributed by atoms with E-state index in [1.54, 1.807) is 18.9 Å². The van der Waals surface area contributed by atoms with Gasteiger partial charge in [-0.3, -0.25) is 4.98 Å². The van der Waals surface area contributed by atoms with E-state index in [4.69, 9.17) is 4.74 Å². The largest absolute Gasteiger partial charge is 0.489 e. The zero-order valence-electron chi connectivity index (χ0n) is 14.2. The van der Waals surface area contributed by atoms with Crippen molar-refractivity contribution in [2.75, 3.05) is 18.1 Å². The summed E-state index contributed by atoms with van der Waals surface area (Å²) in [4.78, 5) is 22.7. The van der Waals surface area contributed by atoms with E-state index in [0.717, 1.165) is 47.2 Å². The van der Waals surface area contributed by atoms with Gasteiger partial charge in [0.25, 0.3) is 0 Å². The molecule has 4 aromatic rings. The van der Waals surface area contributed by atoms with Crippen molar-refractivity contribution < 1.29 is 4.74 Å². The maximum Gasteiger partial charge on any atom is 0.182 e. The van der Waals surface area contributed by atoms with Crippen LogP contribution in [0.25, 0.3) is 21.9 Å². The van der Waals surface area contributed by atoms with Crippen LogP contribution in [-0.2, 0) is 0 Å². The molecular formula is C19H18N6O. The van der Waals surface area contributed by atoms with Crippen LogP contribution in [0, 0.1) is 0 Å². The molecule has 0 radical (unpaired) electrons. The average molecular weight is 346 g/mol. The van der Waals surface area contributed by atoms with Crippen LogP contribution < -0.4 is 9.64 Å². The Kier molecular flexibility index (Phi) is 3.62. The lowest BCUT2D eigenvalue weighted by Crippen LogP contribution is -2.35. The van der Waals surface area contributed by atoms with Gasteiger partial charge in [0.1, 0.15) is 24.2 Å². The van der Waals surface area contributed by atoms with E-state index in [9.17, 15) is 0 Å². The van der Waals surface area contributed by atoms with E-state index < -0.39 is 0 Å². The quantitative estimate of drug-likeness (QED) is 0.612. The number of anilines is 1. The number of pyridine rings is 1. The number of aromatic amines is 1. The van der Waals surface area contributed by atoms with Crippen molar-refractivity contribution in [2.24, 2.45) is 0 Å². The summed E-state index contributed by atoms with van der Waals surface area (Å²) in [6.07, 6.45) is 9.06. The van der Waals surface area contributed by atoms with Gasteiger partial charge in [-0.2, -0.15) is 0 Å². The number of nitrogens with zero attached hydrogens (tertiary/aromatic N) is 5. The average Bonchev–Trinajstić information content (AvgIpc) is 3.35. The summed E-state index contributed by atoms with van der Waals surface area (Å²) in [5, 5.41) is 2.17. The van der Waals surface area contributed by atoms with Gasteiger partial charge in [0, 0.05) is 23.5 Å². The third-order valence-corrected chi connectivity index (χ3v) is 4.92. The lowest BCUT2D eigenvalue weighted by Gasteiger charge is -2.26. The fourth-order valence-electron chi connectivity index (χ4n) is 3.65. The summed E-state index contributed by atoms with van der Waals surface area (Å²) in [5.74, 6) is 1.72. The molecule has 130 valence electrons. The van der Waals surface area contributed by atoms with Gasteiger partial charge in [0.15, 0.2) is 11.5 Å². The smallest absolute Gasteiger partial charge is 0.182 e. The molecule has 26 heavy (non-hydrogen) atoms. The Hall–Kier alpha value is -3.22. The molecule has 0 spiro atoms. The van der Waals surface area contributed by atoms with Crippen molar-refractivity contribution in [2.45, 2.75) is 18.9 Å². The molecule has 0 aliphatic carbocycles. The molecule has 3 aromatic heterocycles. The van der Waals surface area contributed by atoms with Crippen LogP contribution in [0.1, 0.15) is 12.8 Å². The molecule has 1 fully saturated rings. The fourth-order valence-corrected chi connectivity index (χ4v) is 3.65. The Morgan fingerprint density at radius 3 is 3.12 bits per heavy atom. The number of fused-ring (bicyclic) bond motifs is 2. The van der Waals surface area contributed by atoms with Crippen LogP contribution in [0.4, 0.5) is 5.82 Å². The minimum atomic E-state index is 0.260. The van der Waals surface area contributed by atoms with Crippen LogP contribution in [0.15, 0.2) is 49.3 Å². The molecule has 1 aliphatic rings. The first-order valence-corrected chi connectivity index (χ1v) is 8.76. The highest BCUT2D eigenvalue weighted by Gasteiger charge is 2.28. The second-order valence-electron chi connectivity index (χ2n) is 6.46. The number of hydrogen-bond acceptors (Lipinski definition) is 6. The minimum Gasteiger partial charge on any atom is -0.489 e. The van der Waals surface area contributed by atoms with Gasteiger partial charge in [-0.05, 0) is 12.8 Å². The van der Waals surface area contributed by atoms with Crippen molar-refractivity contribution in [1.29, 1.82) is 0 Å². The van der Waals surface area contributed by atoms with E-state index in [2.05, 4.69) is 35.9 Å². The van der Waals surface area contributed by atoms with Crippen LogP contribution in [0.5, 0.6) is 5.75 Å². The second kappa shape index (κ2) is 6.25. The number of benzene rings is 1. The number of H-pyrrole nitrogens is 1. The van der Waals surface area contributed by atoms with Crippen LogP contribution in [0.2, 0.25) is 0 Å². The van der Waals surface area contributed by atoms with Gasteiger partial charge in [-0.25, -0.2) is 15.0 Å². The molecule has 0 amide bonds. The Morgan fingerprint density at radius 1 is 1.15 bits per heavy atom. The van der Waals surface area contributed by atoms with Gasteiger partial charge < -0.3 is 14.6 Å². The molecule has 0 bridgehead atoms. The molecule has 0 unspecified atom stereocenters. The molecule has 5 rings (SSSR count). The lowest BCUT2D eigenvalue weighted by molar-refractivity contribution is 0.290. The van der Waals surface area contributed by atoms with E-state index in [1.165, 1.54) is 0 Å². The first-order valence-electron chi connectivity index (χ1n) is 8.76. The summed E-state index contributed by atoms with van der Waals surface area (Å²) >= 11 is 0. The van der Waals surface area contributed by atoms with Crippen molar-refractivity contribution in [1.82, 2.24) is 24.9 Å². The van der Waals surface area contributed by atoms with Crippen molar-refractivity contribution >= 4 is 27.8 Å². The lowest BCUT2D eigenvalue weighted by atomic mass is 10.1. The van der Waals surface area contributed by atoms with E-state index in [-0.39, 0.29) is 6.04 Å². The third-order valence-electron chi connectivity index (χ3n) is 4.92. The van der Waals surface area contributed by atoms with Gasteiger partial charge in [-0.15, -0.1) is 0 Å². The zero-order valence-corrected chi connectivity index (χ0v) is 14.2. The number of nitrogens with one attached hydrogen (secondary N) is 1. The standard InChI is InChI=1S/C19H18N6O/c1-2-6-15-13(4-1)8-20-9-16(15)26-10-14-5-3-7-25(14)19-17-18(22-11-21-17)23-12-24-19/h1-2,4,6,8-9,11-12,14H,3,5,7,10H2,(H,21,22,23,24)/t14-/m1/s1. The van der Waals surface area contributed by atoms with Crippen molar-refractivity contribution in [3.8, 4) is 5.75 Å². The van der Waals surface area contributed by atoms with E-state index in [1.807, 2.05) is 24.4 Å². The first kappa shape index (κ1) is 15.1. The predicted octanol–water partition coefficient (Wildman–Crippen LogP) is 2.95. The third kappa shape index (κ3) is 2.52. The summed E-state index contributed by atoms with van der Waals surface area (Å²) in [5.41, 5.74) is 1.58. The second-order valence-corrected chi connectivity index (χ2v) is 6.46. The highest BCUT2D eigenvalue weighted by molar-refractivity contribution is 5.87. The number of aromatic nitrogens is 5. The molecule has 0 saturated carbocycles. The van der Waals surface area contributed by atoms with Crippen molar-refractivity contribution in [3.05, 3.63) is 49.3 Å². The monoisotopic (exact) mass is 346 g/mol. The summed E-state index contributed by atoms with van der Waals surface area (Å²) in [6, 6.07) is 8.41. The maximum atomic E-state index is 6.18. The topological polar surface area (TPSA) is 79.8 Å². The van der Waals surface area contributed by atoms with Gasteiger partial charge >= 0.3 is 0 Å². The van der Waals surface area contributed by atoms with Crippen LogP contribution in [-0.4, -0.2) is 44.1 Å². The molecule has 7 heteroatoms. The first-order chi connectivity index (χ1) is 12.9. The minimum absolute atomic E-state index is 0.260. The maximum absolute atomic E-state index is 6.18. The van der Waals surface area contributed by atoms with Gasteiger partial charge in [-0.1, -0.05) is 24.3 Å². The highest BCUT2D eigenvalue weighted by atomic mass is 16.5. The molecule has 7 nitrogen and oxygen atoms in total. The SMILES string of the molecule is c1ccc2c(OC[C@H]3CCCN3c3ncnc4nc[nH]c34)cncc2c1. The van der Waals surface area contributed by atoms with E-state index in [0.29, 0.717) is 12.3 Å². The summed E-state index contributed by atoms with van der Waals surface area (Å²) < 4.78 is 6.18. The zero-order chi connectivity index (χ0) is 17.3.